The number of hydrogen-bond acceptors (Lipinski definition) is 2. The highest BCUT2D eigenvalue weighted by molar-refractivity contribution is 6.17. The molecule has 12 heavy (non-hydrogen) atoms. The Hall–Kier alpha value is -0.0800. The predicted octanol–water partition coefficient (Wildman–Crippen LogP) is 2.13. The lowest BCUT2D eigenvalue weighted by molar-refractivity contribution is -0.117. The van der Waals surface area contributed by atoms with E-state index < -0.39 is 0 Å². The first-order valence-corrected chi connectivity index (χ1v) is 4.93. The summed E-state index contributed by atoms with van der Waals surface area (Å²) < 4.78 is 0. The van der Waals surface area contributed by atoms with Gasteiger partial charge in [-0.3, -0.25) is 0 Å². The number of rotatable bonds is 7. The summed E-state index contributed by atoms with van der Waals surface area (Å²) in [6.07, 6.45) is 3.57. The van der Waals surface area contributed by atoms with Gasteiger partial charge in [0.15, 0.2) is 0 Å². The van der Waals surface area contributed by atoms with E-state index in [0.717, 1.165) is 19.3 Å². The molecule has 0 saturated carbocycles. The van der Waals surface area contributed by atoms with Crippen LogP contribution in [0, 0.1) is 0 Å². The molecule has 0 aliphatic rings. The van der Waals surface area contributed by atoms with Crippen molar-refractivity contribution in [3.8, 4) is 0 Å². The molecular weight excluding hydrogens is 176 g/mol. The number of halogens is 1. The highest BCUT2D eigenvalue weighted by Crippen LogP contribution is 2.07. The standard InChI is InChI=1S/C9H17ClO2/c1-8(11)4-2-3-5-9(12)6-7-10/h9,12H,2-7H2,1H3/t9-/m0/s1. The lowest BCUT2D eigenvalue weighted by Crippen LogP contribution is -2.06. The lowest BCUT2D eigenvalue weighted by atomic mass is 10.1. The molecule has 0 amide bonds. The highest BCUT2D eigenvalue weighted by Gasteiger charge is 2.02. The molecule has 0 aliphatic heterocycles. The summed E-state index contributed by atoms with van der Waals surface area (Å²) in [6.45, 7) is 1.59. The quantitative estimate of drug-likeness (QED) is 0.496. The van der Waals surface area contributed by atoms with E-state index in [-0.39, 0.29) is 11.9 Å². The zero-order valence-corrected chi connectivity index (χ0v) is 8.31. The zero-order valence-electron chi connectivity index (χ0n) is 7.55. The number of ketones is 1. The van der Waals surface area contributed by atoms with E-state index in [4.69, 9.17) is 11.6 Å². The van der Waals surface area contributed by atoms with Crippen LogP contribution < -0.4 is 0 Å². The number of hydrogen-bond donors (Lipinski definition) is 1. The zero-order chi connectivity index (χ0) is 9.40. The first kappa shape index (κ1) is 11.9. The van der Waals surface area contributed by atoms with Crippen molar-refractivity contribution in [3.05, 3.63) is 0 Å². The van der Waals surface area contributed by atoms with Crippen LogP contribution in [0.4, 0.5) is 0 Å². The molecule has 0 bridgehead atoms. The van der Waals surface area contributed by atoms with Crippen LogP contribution in [0.25, 0.3) is 0 Å². The maximum atomic E-state index is 10.5. The molecule has 2 nitrogen and oxygen atoms in total. The van der Waals surface area contributed by atoms with Gasteiger partial charge in [-0.1, -0.05) is 6.42 Å². The Kier molecular flexibility index (Phi) is 7.51. The third-order valence-electron chi connectivity index (χ3n) is 1.76. The minimum absolute atomic E-state index is 0.224. The summed E-state index contributed by atoms with van der Waals surface area (Å²) in [5, 5.41) is 9.25. The van der Waals surface area contributed by atoms with Gasteiger partial charge in [0.2, 0.25) is 0 Å². The normalized spacial score (nSPS) is 12.9. The van der Waals surface area contributed by atoms with E-state index in [2.05, 4.69) is 0 Å². The van der Waals surface area contributed by atoms with Crippen LogP contribution in [-0.2, 0) is 4.79 Å². The van der Waals surface area contributed by atoms with Crippen LogP contribution in [0.2, 0.25) is 0 Å². The average Bonchev–Trinajstić information content (AvgIpc) is 1.98. The van der Waals surface area contributed by atoms with Crippen molar-refractivity contribution in [3.63, 3.8) is 0 Å². The SMILES string of the molecule is CC(=O)CCCC[C@H](O)CCCl. The maximum absolute atomic E-state index is 10.5. The maximum Gasteiger partial charge on any atom is 0.129 e. The smallest absolute Gasteiger partial charge is 0.129 e. The minimum Gasteiger partial charge on any atom is -0.393 e. The summed E-state index contributed by atoms with van der Waals surface area (Å²) in [4.78, 5) is 10.5. The van der Waals surface area contributed by atoms with Gasteiger partial charge in [-0.2, -0.15) is 0 Å². The Balaban J connectivity index is 3.13. The van der Waals surface area contributed by atoms with Crippen LogP contribution in [0.1, 0.15) is 39.0 Å². The van der Waals surface area contributed by atoms with E-state index in [1.165, 1.54) is 0 Å². The van der Waals surface area contributed by atoms with Crippen LogP contribution in [0.5, 0.6) is 0 Å². The highest BCUT2D eigenvalue weighted by atomic mass is 35.5. The Morgan fingerprint density at radius 2 is 2.08 bits per heavy atom. The number of aliphatic hydroxyl groups excluding tert-OH is 1. The summed E-state index contributed by atoms with van der Waals surface area (Å²) in [6, 6.07) is 0. The van der Waals surface area contributed by atoms with Gasteiger partial charge in [-0.15, -0.1) is 11.6 Å². The molecule has 0 aliphatic carbocycles. The Morgan fingerprint density at radius 3 is 2.58 bits per heavy atom. The summed E-state index contributed by atoms with van der Waals surface area (Å²) in [7, 11) is 0. The first-order chi connectivity index (χ1) is 5.66. The van der Waals surface area contributed by atoms with Crippen LogP contribution in [0.15, 0.2) is 0 Å². The molecule has 72 valence electrons. The Bertz CT molecular complexity index is 126. The van der Waals surface area contributed by atoms with Crippen molar-refractivity contribution in [1.82, 2.24) is 0 Å². The van der Waals surface area contributed by atoms with Gasteiger partial charge >= 0.3 is 0 Å². The Morgan fingerprint density at radius 1 is 1.42 bits per heavy atom. The number of carbonyl (C=O) groups excluding carboxylic acids is 1. The Labute approximate surface area is 78.9 Å². The van der Waals surface area contributed by atoms with Crippen molar-refractivity contribution in [1.29, 1.82) is 0 Å². The number of alkyl halides is 1. The number of Topliss-reactive ketones (excluding diaryl/α,β-unsaturated/α-hetero) is 1. The van der Waals surface area contributed by atoms with Crippen LogP contribution in [0.3, 0.4) is 0 Å². The van der Waals surface area contributed by atoms with E-state index in [1.807, 2.05) is 0 Å². The van der Waals surface area contributed by atoms with Crippen molar-refractivity contribution in [2.24, 2.45) is 0 Å². The lowest BCUT2D eigenvalue weighted by Gasteiger charge is -2.06. The fraction of sp³-hybridized carbons (Fsp3) is 0.889. The number of unbranched alkanes of at least 4 members (excludes halogenated alkanes) is 1. The molecule has 1 atom stereocenters. The van der Waals surface area contributed by atoms with E-state index in [9.17, 15) is 9.90 Å². The van der Waals surface area contributed by atoms with Crippen molar-refractivity contribution in [2.75, 3.05) is 5.88 Å². The number of aliphatic hydroxyl groups is 1. The minimum atomic E-state index is -0.283. The van der Waals surface area contributed by atoms with E-state index >= 15 is 0 Å². The van der Waals surface area contributed by atoms with Gasteiger partial charge in [0, 0.05) is 12.3 Å². The molecule has 3 heteroatoms. The molecule has 0 fully saturated rings. The fourth-order valence-electron chi connectivity index (χ4n) is 1.02. The third-order valence-corrected chi connectivity index (χ3v) is 1.98. The molecule has 0 saturated heterocycles. The van der Waals surface area contributed by atoms with Gasteiger partial charge in [0.05, 0.1) is 6.10 Å². The van der Waals surface area contributed by atoms with Crippen molar-refractivity contribution < 1.29 is 9.90 Å². The van der Waals surface area contributed by atoms with Crippen molar-refractivity contribution in [2.45, 2.75) is 45.1 Å². The van der Waals surface area contributed by atoms with E-state index in [0.29, 0.717) is 18.7 Å². The second-order valence-electron chi connectivity index (χ2n) is 3.08. The molecule has 0 aromatic heterocycles. The fourth-order valence-corrected chi connectivity index (χ4v) is 1.28. The van der Waals surface area contributed by atoms with E-state index in [1.54, 1.807) is 6.92 Å². The second-order valence-corrected chi connectivity index (χ2v) is 3.46. The average molecular weight is 193 g/mol. The summed E-state index contributed by atoms with van der Waals surface area (Å²) in [5.74, 6) is 0.732. The molecule has 0 heterocycles. The van der Waals surface area contributed by atoms with Gasteiger partial charge < -0.3 is 9.90 Å². The van der Waals surface area contributed by atoms with Gasteiger partial charge in [-0.05, 0) is 26.2 Å². The van der Waals surface area contributed by atoms with Crippen LogP contribution >= 0.6 is 11.6 Å². The molecule has 0 radical (unpaired) electrons. The third kappa shape index (κ3) is 8.02. The monoisotopic (exact) mass is 192 g/mol. The van der Waals surface area contributed by atoms with Gasteiger partial charge in [0.1, 0.15) is 5.78 Å². The topological polar surface area (TPSA) is 37.3 Å². The molecule has 0 spiro atoms. The van der Waals surface area contributed by atoms with Gasteiger partial charge in [0.25, 0.3) is 0 Å². The molecule has 0 aromatic carbocycles. The number of carbonyl (C=O) groups is 1. The molecule has 0 rings (SSSR count). The molecule has 0 unspecified atom stereocenters. The molecule has 1 N–H and O–H groups in total. The summed E-state index contributed by atoms with van der Waals surface area (Å²) in [5.41, 5.74) is 0. The predicted molar refractivity (Wildman–Crippen MR) is 50.5 cm³/mol. The second kappa shape index (κ2) is 7.56. The largest absolute Gasteiger partial charge is 0.393 e. The molecule has 0 aromatic rings. The molecular formula is C9H17ClO2. The van der Waals surface area contributed by atoms with Crippen molar-refractivity contribution >= 4 is 17.4 Å². The van der Waals surface area contributed by atoms with Crippen LogP contribution in [-0.4, -0.2) is 22.9 Å². The van der Waals surface area contributed by atoms with Gasteiger partial charge in [-0.25, -0.2) is 0 Å². The summed E-state index contributed by atoms with van der Waals surface area (Å²) >= 11 is 5.45. The first-order valence-electron chi connectivity index (χ1n) is 4.40.